The van der Waals surface area contributed by atoms with E-state index in [-0.39, 0.29) is 11.9 Å². The van der Waals surface area contributed by atoms with Crippen LogP contribution >= 0.6 is 11.3 Å². The number of aromatic amines is 1. The molecule has 0 spiro atoms. The number of amides is 1. The first-order chi connectivity index (χ1) is 8.54. The number of hydrogen-bond donors (Lipinski definition) is 2. The molecule has 1 amide bonds. The summed E-state index contributed by atoms with van der Waals surface area (Å²) < 4.78 is 0. The summed E-state index contributed by atoms with van der Waals surface area (Å²) in [4.78, 5) is 16.0. The third-order valence-electron chi connectivity index (χ3n) is 2.50. The van der Waals surface area contributed by atoms with E-state index in [0.29, 0.717) is 12.1 Å². The van der Waals surface area contributed by atoms with Gasteiger partial charge in [0.1, 0.15) is 5.69 Å². The molecule has 0 bridgehead atoms. The number of carbonyl (C=O) groups is 1. The van der Waals surface area contributed by atoms with E-state index in [0.717, 1.165) is 16.4 Å². The van der Waals surface area contributed by atoms with Crippen LogP contribution in [0.3, 0.4) is 0 Å². The lowest BCUT2D eigenvalue weighted by Gasteiger charge is -2.11. The van der Waals surface area contributed by atoms with Crippen LogP contribution in [0.1, 0.15) is 33.8 Å². The lowest BCUT2D eigenvalue weighted by molar-refractivity contribution is 0.0935. The van der Waals surface area contributed by atoms with Gasteiger partial charge < -0.3 is 5.32 Å². The van der Waals surface area contributed by atoms with E-state index in [2.05, 4.69) is 20.5 Å². The average molecular weight is 264 g/mol. The largest absolute Gasteiger partial charge is 0.348 e. The van der Waals surface area contributed by atoms with Crippen molar-refractivity contribution in [2.24, 2.45) is 0 Å². The van der Waals surface area contributed by atoms with Gasteiger partial charge >= 0.3 is 0 Å². The summed E-state index contributed by atoms with van der Waals surface area (Å²) in [6.07, 6.45) is 0.708. The first-order valence-electron chi connectivity index (χ1n) is 5.78. The number of nitrogens with one attached hydrogen (secondary N) is 2. The van der Waals surface area contributed by atoms with Gasteiger partial charge in [-0.3, -0.25) is 9.89 Å². The lowest BCUT2D eigenvalue weighted by atomic mass is 10.1. The molecule has 0 fully saturated rings. The third-order valence-corrected chi connectivity index (χ3v) is 3.28. The molecular weight excluding hydrogens is 248 g/mol. The normalized spacial score (nSPS) is 12.4. The summed E-state index contributed by atoms with van der Waals surface area (Å²) in [5, 5.41) is 12.6. The molecule has 0 aliphatic rings. The van der Waals surface area contributed by atoms with Gasteiger partial charge in [-0.1, -0.05) is 0 Å². The Labute approximate surface area is 110 Å². The summed E-state index contributed by atoms with van der Waals surface area (Å²) >= 11 is 1.48. The quantitative estimate of drug-likeness (QED) is 0.885. The van der Waals surface area contributed by atoms with Crippen molar-refractivity contribution in [3.63, 3.8) is 0 Å². The van der Waals surface area contributed by atoms with E-state index < -0.39 is 0 Å². The molecule has 2 rings (SSSR count). The molecule has 6 heteroatoms. The fraction of sp³-hybridized carbons (Fsp3) is 0.417. The number of carbonyl (C=O) groups excluding carboxylic acids is 1. The van der Waals surface area contributed by atoms with E-state index in [9.17, 15) is 4.79 Å². The number of aromatic nitrogens is 3. The lowest BCUT2D eigenvalue weighted by Crippen LogP contribution is -2.34. The van der Waals surface area contributed by atoms with Gasteiger partial charge in [-0.25, -0.2) is 4.98 Å². The molecule has 0 radical (unpaired) electrons. The number of nitrogens with zero attached hydrogens (tertiary/aromatic N) is 2. The summed E-state index contributed by atoms with van der Waals surface area (Å²) in [5.74, 6) is -0.126. The molecule has 2 heterocycles. The van der Waals surface area contributed by atoms with Crippen LogP contribution in [0, 0.1) is 13.8 Å². The smallest absolute Gasteiger partial charge is 0.270 e. The Kier molecular flexibility index (Phi) is 3.76. The molecule has 0 saturated heterocycles. The van der Waals surface area contributed by atoms with Crippen molar-refractivity contribution in [1.82, 2.24) is 20.5 Å². The second-order valence-corrected chi connectivity index (χ2v) is 5.43. The predicted octanol–water partition coefficient (Wildman–Crippen LogP) is 1.84. The topological polar surface area (TPSA) is 70.7 Å². The van der Waals surface area contributed by atoms with Crippen LogP contribution in [0.5, 0.6) is 0 Å². The van der Waals surface area contributed by atoms with Crippen molar-refractivity contribution in [1.29, 1.82) is 0 Å². The highest BCUT2D eigenvalue weighted by atomic mass is 32.1. The Morgan fingerprint density at radius 1 is 1.56 bits per heavy atom. The second-order valence-electron chi connectivity index (χ2n) is 4.37. The van der Waals surface area contributed by atoms with Gasteiger partial charge in [-0.05, 0) is 26.8 Å². The van der Waals surface area contributed by atoms with Crippen molar-refractivity contribution >= 4 is 17.2 Å². The summed E-state index contributed by atoms with van der Waals surface area (Å²) in [6.45, 7) is 5.80. The molecule has 0 aromatic carbocycles. The van der Waals surface area contributed by atoms with E-state index >= 15 is 0 Å². The number of aryl methyl sites for hydroxylation is 2. The van der Waals surface area contributed by atoms with E-state index in [4.69, 9.17) is 0 Å². The zero-order valence-corrected chi connectivity index (χ0v) is 11.5. The zero-order valence-electron chi connectivity index (χ0n) is 10.7. The fourth-order valence-electron chi connectivity index (χ4n) is 1.71. The molecule has 0 saturated carbocycles. The van der Waals surface area contributed by atoms with Crippen LogP contribution < -0.4 is 5.32 Å². The number of H-pyrrole nitrogens is 1. The van der Waals surface area contributed by atoms with Gasteiger partial charge in [0, 0.05) is 23.5 Å². The van der Waals surface area contributed by atoms with Crippen LogP contribution in [0.4, 0.5) is 0 Å². The van der Waals surface area contributed by atoms with Crippen LogP contribution in [0.25, 0.3) is 0 Å². The Hall–Kier alpha value is -1.69. The molecule has 96 valence electrons. The van der Waals surface area contributed by atoms with Crippen molar-refractivity contribution in [2.75, 3.05) is 0 Å². The average Bonchev–Trinajstić information content (AvgIpc) is 2.87. The highest BCUT2D eigenvalue weighted by molar-refractivity contribution is 7.09. The van der Waals surface area contributed by atoms with Gasteiger partial charge in [-0.15, -0.1) is 11.3 Å². The first-order valence-corrected chi connectivity index (χ1v) is 6.66. The number of hydrogen-bond acceptors (Lipinski definition) is 4. The van der Waals surface area contributed by atoms with E-state index in [1.165, 1.54) is 11.3 Å². The highest BCUT2D eigenvalue weighted by Gasteiger charge is 2.13. The molecular formula is C12H16N4OS. The van der Waals surface area contributed by atoms with Gasteiger partial charge in [-0.2, -0.15) is 5.10 Å². The Morgan fingerprint density at radius 3 is 2.89 bits per heavy atom. The molecule has 1 atom stereocenters. The Morgan fingerprint density at radius 2 is 2.33 bits per heavy atom. The summed E-state index contributed by atoms with van der Waals surface area (Å²) in [5.41, 5.74) is 2.47. The molecule has 5 nitrogen and oxygen atoms in total. The second kappa shape index (κ2) is 5.30. The van der Waals surface area contributed by atoms with Gasteiger partial charge in [0.25, 0.3) is 5.91 Å². The first kappa shape index (κ1) is 12.8. The van der Waals surface area contributed by atoms with E-state index in [1.807, 2.05) is 26.8 Å². The maximum atomic E-state index is 11.9. The minimum absolute atomic E-state index is 0.0298. The van der Waals surface area contributed by atoms with Crippen LogP contribution in [-0.2, 0) is 6.42 Å². The van der Waals surface area contributed by atoms with Gasteiger partial charge in [0.05, 0.1) is 10.7 Å². The minimum Gasteiger partial charge on any atom is -0.348 e. The summed E-state index contributed by atoms with van der Waals surface area (Å²) in [6, 6.07) is 2.01. The van der Waals surface area contributed by atoms with Crippen LogP contribution in [0.15, 0.2) is 11.4 Å². The van der Waals surface area contributed by atoms with Crippen molar-refractivity contribution in [2.45, 2.75) is 33.2 Å². The molecule has 0 aliphatic carbocycles. The molecule has 0 aliphatic heterocycles. The maximum Gasteiger partial charge on any atom is 0.270 e. The van der Waals surface area contributed by atoms with Crippen molar-refractivity contribution < 1.29 is 4.79 Å². The molecule has 2 aromatic rings. The monoisotopic (exact) mass is 264 g/mol. The molecule has 18 heavy (non-hydrogen) atoms. The third kappa shape index (κ3) is 3.16. The SMILES string of the molecule is Cc1cc(C[C@H](C)NC(=O)c2csc(C)n2)n[nH]1. The Bertz CT molecular complexity index is 546. The van der Waals surface area contributed by atoms with Crippen molar-refractivity contribution in [3.8, 4) is 0 Å². The Balaban J connectivity index is 1.91. The van der Waals surface area contributed by atoms with Crippen molar-refractivity contribution in [3.05, 3.63) is 33.5 Å². The number of rotatable bonds is 4. The van der Waals surface area contributed by atoms with Crippen LogP contribution in [0.2, 0.25) is 0 Å². The molecule has 2 aromatic heterocycles. The zero-order chi connectivity index (χ0) is 13.1. The predicted molar refractivity (Wildman–Crippen MR) is 70.8 cm³/mol. The minimum atomic E-state index is -0.126. The standard InChI is InChI=1S/C12H16N4OS/c1-7(4-10-5-8(2)15-16-10)13-12(17)11-6-18-9(3)14-11/h5-7H,4H2,1-3H3,(H,13,17)(H,15,16)/t7-/m0/s1. The number of thiazole rings is 1. The highest BCUT2D eigenvalue weighted by Crippen LogP contribution is 2.08. The van der Waals surface area contributed by atoms with Crippen LogP contribution in [-0.4, -0.2) is 27.1 Å². The van der Waals surface area contributed by atoms with E-state index in [1.54, 1.807) is 5.38 Å². The molecule has 0 unspecified atom stereocenters. The molecule has 2 N–H and O–H groups in total. The van der Waals surface area contributed by atoms with Gasteiger partial charge in [0.15, 0.2) is 0 Å². The fourth-order valence-corrected chi connectivity index (χ4v) is 2.30. The summed E-state index contributed by atoms with van der Waals surface area (Å²) in [7, 11) is 0. The van der Waals surface area contributed by atoms with Gasteiger partial charge in [0.2, 0.25) is 0 Å². The maximum absolute atomic E-state index is 11.9.